The van der Waals surface area contributed by atoms with Crippen LogP contribution in [0.25, 0.3) is 21.2 Å². The Balaban J connectivity index is 2.31. The van der Waals surface area contributed by atoms with Gasteiger partial charge in [-0.05, 0) is 40.8 Å². The monoisotopic (exact) mass is 246 g/mol. The van der Waals surface area contributed by atoms with Crippen molar-refractivity contribution in [2.24, 2.45) is 0 Å². The third-order valence-corrected chi connectivity index (χ3v) is 3.63. The summed E-state index contributed by atoms with van der Waals surface area (Å²) >= 11 is 1.36. The van der Waals surface area contributed by atoms with Crippen LogP contribution in [0, 0.1) is 11.6 Å². The van der Waals surface area contributed by atoms with Crippen molar-refractivity contribution in [2.75, 3.05) is 0 Å². The lowest BCUT2D eigenvalue weighted by molar-refractivity contribution is 0.628. The Kier molecular flexibility index (Phi) is 2.41. The van der Waals surface area contributed by atoms with Crippen molar-refractivity contribution in [3.63, 3.8) is 0 Å². The number of rotatable bonds is 1. The van der Waals surface area contributed by atoms with Crippen LogP contribution in [-0.4, -0.2) is 0 Å². The highest BCUT2D eigenvalue weighted by Crippen LogP contribution is 2.33. The number of thiophene rings is 1. The van der Waals surface area contributed by atoms with Crippen molar-refractivity contribution < 1.29 is 8.78 Å². The van der Waals surface area contributed by atoms with Gasteiger partial charge in [-0.25, -0.2) is 8.78 Å². The van der Waals surface area contributed by atoms with E-state index in [1.807, 2.05) is 17.5 Å². The Morgan fingerprint density at radius 1 is 0.941 bits per heavy atom. The fourth-order valence-electron chi connectivity index (χ4n) is 1.94. The Bertz CT molecular complexity index is 686. The molecule has 3 heteroatoms. The molecule has 3 rings (SSSR count). The molecule has 3 aromatic rings. The normalized spacial score (nSPS) is 10.9. The van der Waals surface area contributed by atoms with Crippen molar-refractivity contribution in [3.8, 4) is 11.1 Å². The number of halogens is 2. The van der Waals surface area contributed by atoms with Gasteiger partial charge in [-0.2, -0.15) is 0 Å². The third-order valence-electron chi connectivity index (χ3n) is 2.70. The van der Waals surface area contributed by atoms with Crippen LogP contribution in [-0.2, 0) is 0 Å². The summed E-state index contributed by atoms with van der Waals surface area (Å²) in [6.45, 7) is 0. The van der Waals surface area contributed by atoms with Gasteiger partial charge in [-0.3, -0.25) is 0 Å². The van der Waals surface area contributed by atoms with Gasteiger partial charge in [-0.1, -0.05) is 18.2 Å². The largest absolute Gasteiger partial charge is 0.207 e. The van der Waals surface area contributed by atoms with Gasteiger partial charge in [0.25, 0.3) is 0 Å². The van der Waals surface area contributed by atoms with Crippen LogP contribution in [0.15, 0.2) is 47.8 Å². The molecule has 0 spiro atoms. The molecule has 0 radical (unpaired) electrons. The molecule has 2 aromatic carbocycles. The average molecular weight is 246 g/mol. The van der Waals surface area contributed by atoms with Gasteiger partial charge in [-0.15, -0.1) is 11.3 Å². The van der Waals surface area contributed by atoms with E-state index < -0.39 is 0 Å². The highest BCUT2D eigenvalue weighted by atomic mass is 32.1. The van der Waals surface area contributed by atoms with Crippen LogP contribution in [0.5, 0.6) is 0 Å². The van der Waals surface area contributed by atoms with E-state index in [9.17, 15) is 8.78 Å². The van der Waals surface area contributed by atoms with Crippen LogP contribution >= 0.6 is 11.3 Å². The molecule has 0 amide bonds. The first kappa shape index (κ1) is 10.4. The third kappa shape index (κ3) is 1.72. The Morgan fingerprint density at radius 3 is 2.65 bits per heavy atom. The molecule has 0 aliphatic carbocycles. The van der Waals surface area contributed by atoms with Crippen LogP contribution in [0.3, 0.4) is 0 Å². The molecule has 0 N–H and O–H groups in total. The number of fused-ring (bicyclic) bond motifs is 1. The molecule has 0 atom stereocenters. The van der Waals surface area contributed by atoms with E-state index in [2.05, 4.69) is 0 Å². The second-order valence-electron chi connectivity index (χ2n) is 3.77. The van der Waals surface area contributed by atoms with Gasteiger partial charge in [0.1, 0.15) is 11.6 Å². The summed E-state index contributed by atoms with van der Waals surface area (Å²) in [5.41, 5.74) is 1.63. The number of hydrogen-bond donors (Lipinski definition) is 0. The summed E-state index contributed by atoms with van der Waals surface area (Å²) in [6, 6.07) is 11.3. The number of hydrogen-bond acceptors (Lipinski definition) is 1. The summed E-state index contributed by atoms with van der Waals surface area (Å²) in [5, 5.41) is 2.68. The second-order valence-corrected chi connectivity index (χ2v) is 4.68. The van der Waals surface area contributed by atoms with Gasteiger partial charge in [0, 0.05) is 5.39 Å². The molecule has 1 aromatic heterocycles. The van der Waals surface area contributed by atoms with Gasteiger partial charge >= 0.3 is 0 Å². The quantitative estimate of drug-likeness (QED) is 0.576. The van der Waals surface area contributed by atoms with Crippen LogP contribution < -0.4 is 0 Å². The van der Waals surface area contributed by atoms with Gasteiger partial charge in [0.15, 0.2) is 0 Å². The van der Waals surface area contributed by atoms with Crippen LogP contribution in [0.1, 0.15) is 0 Å². The van der Waals surface area contributed by atoms with Gasteiger partial charge in [0.2, 0.25) is 0 Å². The Labute approximate surface area is 101 Å². The molecule has 0 saturated carbocycles. The van der Waals surface area contributed by atoms with E-state index in [0.717, 1.165) is 16.5 Å². The predicted octanol–water partition coefficient (Wildman–Crippen LogP) is 4.85. The lowest BCUT2D eigenvalue weighted by Crippen LogP contribution is -1.82. The van der Waals surface area contributed by atoms with E-state index >= 15 is 0 Å². The number of benzene rings is 2. The fraction of sp³-hybridized carbons (Fsp3) is 0. The molecule has 0 bridgehead atoms. The molecule has 84 valence electrons. The minimum Gasteiger partial charge on any atom is -0.207 e. The zero-order valence-corrected chi connectivity index (χ0v) is 9.60. The van der Waals surface area contributed by atoms with Crippen molar-refractivity contribution in [1.29, 1.82) is 0 Å². The first-order valence-electron chi connectivity index (χ1n) is 5.17. The molecular formula is C14H8F2S. The molecular weight excluding hydrogens is 238 g/mol. The Hall–Kier alpha value is -1.74. The summed E-state index contributed by atoms with van der Waals surface area (Å²) in [6.07, 6.45) is 0. The maximum atomic E-state index is 13.5. The van der Waals surface area contributed by atoms with Gasteiger partial charge < -0.3 is 0 Å². The van der Waals surface area contributed by atoms with E-state index in [0.29, 0.717) is 4.70 Å². The van der Waals surface area contributed by atoms with E-state index in [4.69, 9.17) is 0 Å². The highest BCUT2D eigenvalue weighted by Gasteiger charge is 2.09. The second kappa shape index (κ2) is 3.93. The minimum atomic E-state index is -0.282. The fourth-order valence-corrected chi connectivity index (χ4v) is 2.76. The topological polar surface area (TPSA) is 0 Å². The van der Waals surface area contributed by atoms with Crippen molar-refractivity contribution in [3.05, 3.63) is 59.5 Å². The molecule has 17 heavy (non-hydrogen) atoms. The molecule has 0 aliphatic rings. The summed E-state index contributed by atoms with van der Waals surface area (Å²) < 4.78 is 27.3. The average Bonchev–Trinajstić information content (AvgIpc) is 2.79. The summed E-state index contributed by atoms with van der Waals surface area (Å²) in [5.74, 6) is -0.509. The van der Waals surface area contributed by atoms with E-state index in [1.54, 1.807) is 12.1 Å². The SMILES string of the molecule is Fc1cccc(-c2ccc(F)c3sccc23)c1. The molecule has 0 nitrogen and oxygen atoms in total. The first-order chi connectivity index (χ1) is 8.25. The molecule has 0 aliphatic heterocycles. The highest BCUT2D eigenvalue weighted by molar-refractivity contribution is 7.17. The molecule has 0 saturated heterocycles. The lowest BCUT2D eigenvalue weighted by atomic mass is 10.0. The standard InChI is InChI=1S/C14H8F2S/c15-10-3-1-2-9(8-10)11-4-5-13(16)14-12(11)6-7-17-14/h1-8H. The van der Waals surface area contributed by atoms with Crippen molar-refractivity contribution in [1.82, 2.24) is 0 Å². The smallest absolute Gasteiger partial charge is 0.141 e. The van der Waals surface area contributed by atoms with Crippen molar-refractivity contribution >= 4 is 21.4 Å². The zero-order chi connectivity index (χ0) is 11.8. The van der Waals surface area contributed by atoms with Gasteiger partial charge in [0.05, 0.1) is 4.70 Å². The summed E-state index contributed by atoms with van der Waals surface area (Å²) in [7, 11) is 0. The van der Waals surface area contributed by atoms with Crippen molar-refractivity contribution in [2.45, 2.75) is 0 Å². The first-order valence-corrected chi connectivity index (χ1v) is 6.05. The summed E-state index contributed by atoms with van der Waals surface area (Å²) in [4.78, 5) is 0. The minimum absolute atomic E-state index is 0.227. The molecule has 1 heterocycles. The maximum absolute atomic E-state index is 13.5. The Morgan fingerprint density at radius 2 is 1.82 bits per heavy atom. The maximum Gasteiger partial charge on any atom is 0.141 e. The molecule has 0 unspecified atom stereocenters. The molecule has 0 fully saturated rings. The predicted molar refractivity (Wildman–Crippen MR) is 67.2 cm³/mol. The van der Waals surface area contributed by atoms with Crippen LogP contribution in [0.2, 0.25) is 0 Å². The van der Waals surface area contributed by atoms with E-state index in [1.165, 1.54) is 29.5 Å². The van der Waals surface area contributed by atoms with Crippen LogP contribution in [0.4, 0.5) is 8.78 Å². The lowest BCUT2D eigenvalue weighted by Gasteiger charge is -2.04. The van der Waals surface area contributed by atoms with E-state index in [-0.39, 0.29) is 11.6 Å². The zero-order valence-electron chi connectivity index (χ0n) is 8.78.